The molecule has 1 amide bonds. The van der Waals surface area contributed by atoms with E-state index in [0.29, 0.717) is 23.5 Å². The maximum atomic E-state index is 12.8. The smallest absolute Gasteiger partial charge is 0.264 e. The van der Waals surface area contributed by atoms with Crippen LogP contribution in [0.2, 0.25) is 0 Å². The molecule has 0 N–H and O–H groups in total. The standard InChI is InChI=1S/C23H26N2O3S2/c1-2-27-20-11-7-19(8-12-20)25(14-3-13-24)22(26)17-28-21-9-5-18(6-10-21)23-29-15-4-16-30-23/h5-12,23H,2-4,14-17H2,1H3. The van der Waals surface area contributed by atoms with Crippen LogP contribution in [-0.2, 0) is 4.79 Å². The molecule has 3 rings (SSSR count). The van der Waals surface area contributed by atoms with Gasteiger partial charge in [-0.3, -0.25) is 4.79 Å². The van der Waals surface area contributed by atoms with Crippen molar-refractivity contribution in [3.05, 3.63) is 54.1 Å². The number of hydrogen-bond acceptors (Lipinski definition) is 6. The van der Waals surface area contributed by atoms with Crippen LogP contribution in [0.1, 0.15) is 29.9 Å². The van der Waals surface area contributed by atoms with Crippen molar-refractivity contribution in [3.63, 3.8) is 0 Å². The summed E-state index contributed by atoms with van der Waals surface area (Å²) < 4.78 is 11.7. The maximum Gasteiger partial charge on any atom is 0.264 e. The number of hydrogen-bond donors (Lipinski definition) is 0. The Bertz CT molecular complexity index is 844. The van der Waals surface area contributed by atoms with Crippen LogP contribution < -0.4 is 14.4 Å². The first-order valence-corrected chi connectivity index (χ1v) is 12.2. The third-order valence-electron chi connectivity index (χ3n) is 4.55. The van der Waals surface area contributed by atoms with E-state index in [0.717, 1.165) is 11.4 Å². The molecule has 1 saturated heterocycles. The van der Waals surface area contributed by atoms with E-state index in [2.05, 4.69) is 18.2 Å². The number of rotatable bonds is 9. The SMILES string of the molecule is CCOc1ccc(N(CCC#N)C(=O)COc2ccc(C3SCCCS3)cc2)cc1. The minimum atomic E-state index is -0.183. The Morgan fingerprint density at radius 2 is 1.70 bits per heavy atom. The summed E-state index contributed by atoms with van der Waals surface area (Å²) in [7, 11) is 0. The third-order valence-corrected chi connectivity index (χ3v) is 7.56. The van der Waals surface area contributed by atoms with Crippen molar-refractivity contribution >= 4 is 35.1 Å². The van der Waals surface area contributed by atoms with Gasteiger partial charge in [-0.05, 0) is 66.8 Å². The fourth-order valence-electron chi connectivity index (χ4n) is 3.07. The van der Waals surface area contributed by atoms with E-state index in [9.17, 15) is 4.79 Å². The van der Waals surface area contributed by atoms with Crippen LogP contribution >= 0.6 is 23.5 Å². The quantitative estimate of drug-likeness (QED) is 0.526. The molecule has 0 unspecified atom stereocenters. The van der Waals surface area contributed by atoms with Crippen molar-refractivity contribution in [1.29, 1.82) is 5.26 Å². The fraction of sp³-hybridized carbons (Fsp3) is 0.391. The van der Waals surface area contributed by atoms with Crippen LogP contribution in [0, 0.1) is 11.3 Å². The van der Waals surface area contributed by atoms with Crippen LogP contribution in [0.4, 0.5) is 5.69 Å². The highest BCUT2D eigenvalue weighted by Gasteiger charge is 2.18. The molecule has 2 aromatic carbocycles. The average molecular weight is 443 g/mol. The molecule has 1 heterocycles. The fourth-order valence-corrected chi connectivity index (χ4v) is 5.97. The van der Waals surface area contributed by atoms with Crippen molar-refractivity contribution in [3.8, 4) is 17.6 Å². The Hall–Kier alpha value is -2.30. The minimum Gasteiger partial charge on any atom is -0.494 e. The van der Waals surface area contributed by atoms with Crippen LogP contribution in [-0.4, -0.2) is 37.2 Å². The topological polar surface area (TPSA) is 62.6 Å². The highest BCUT2D eigenvalue weighted by molar-refractivity contribution is 8.16. The van der Waals surface area contributed by atoms with Crippen LogP contribution in [0.5, 0.6) is 11.5 Å². The van der Waals surface area contributed by atoms with Crippen molar-refractivity contribution in [2.75, 3.05) is 36.2 Å². The second-order valence-electron chi connectivity index (χ2n) is 6.67. The third kappa shape index (κ3) is 6.35. The van der Waals surface area contributed by atoms with Crippen LogP contribution in [0.25, 0.3) is 0 Å². The Kier molecular flexibility index (Phi) is 8.79. The lowest BCUT2D eigenvalue weighted by atomic mass is 10.2. The normalized spacial score (nSPS) is 14.0. The Balaban J connectivity index is 1.60. The van der Waals surface area contributed by atoms with E-state index < -0.39 is 0 Å². The van der Waals surface area contributed by atoms with E-state index in [4.69, 9.17) is 14.7 Å². The number of benzene rings is 2. The van der Waals surface area contributed by atoms with Gasteiger partial charge in [0.25, 0.3) is 5.91 Å². The number of carbonyl (C=O) groups excluding carboxylic acids is 1. The second kappa shape index (κ2) is 11.8. The van der Waals surface area contributed by atoms with Crippen molar-refractivity contribution in [2.45, 2.75) is 24.3 Å². The molecule has 1 aliphatic heterocycles. The van der Waals surface area contributed by atoms with Gasteiger partial charge in [-0.15, -0.1) is 23.5 Å². The van der Waals surface area contributed by atoms with Gasteiger partial charge >= 0.3 is 0 Å². The van der Waals surface area contributed by atoms with E-state index in [1.807, 2.05) is 66.8 Å². The zero-order chi connectivity index (χ0) is 21.2. The lowest BCUT2D eigenvalue weighted by Crippen LogP contribution is -2.35. The Labute approximate surface area is 186 Å². The summed E-state index contributed by atoms with van der Waals surface area (Å²) in [6.07, 6.45) is 1.52. The number of carbonyl (C=O) groups is 1. The van der Waals surface area contributed by atoms with Crippen LogP contribution in [0.3, 0.4) is 0 Å². The molecule has 0 aromatic heterocycles. The zero-order valence-corrected chi connectivity index (χ0v) is 18.7. The number of nitriles is 1. The highest BCUT2D eigenvalue weighted by atomic mass is 32.2. The molecular weight excluding hydrogens is 416 g/mol. The number of thioether (sulfide) groups is 2. The molecule has 1 aliphatic rings. The minimum absolute atomic E-state index is 0.0785. The molecule has 0 bridgehead atoms. The summed E-state index contributed by atoms with van der Waals surface area (Å²) in [5, 5.41) is 8.96. The van der Waals surface area contributed by atoms with E-state index in [-0.39, 0.29) is 18.9 Å². The molecule has 1 fully saturated rings. The van der Waals surface area contributed by atoms with Gasteiger partial charge < -0.3 is 14.4 Å². The number of amides is 1. The van der Waals surface area contributed by atoms with Gasteiger partial charge in [0.2, 0.25) is 0 Å². The summed E-state index contributed by atoms with van der Waals surface area (Å²) in [5.41, 5.74) is 2.01. The second-order valence-corrected chi connectivity index (χ2v) is 9.39. The molecule has 158 valence electrons. The number of nitrogens with zero attached hydrogens (tertiary/aromatic N) is 2. The summed E-state index contributed by atoms with van der Waals surface area (Å²) in [4.78, 5) is 14.4. The molecule has 0 atom stereocenters. The molecule has 2 aromatic rings. The van der Waals surface area contributed by atoms with Crippen molar-refractivity contribution in [1.82, 2.24) is 0 Å². The van der Waals surface area contributed by atoms with Gasteiger partial charge in [-0.1, -0.05) is 12.1 Å². The highest BCUT2D eigenvalue weighted by Crippen LogP contribution is 2.43. The lowest BCUT2D eigenvalue weighted by Gasteiger charge is -2.23. The first-order chi connectivity index (χ1) is 14.7. The zero-order valence-electron chi connectivity index (χ0n) is 17.1. The molecular formula is C23H26N2O3S2. The molecule has 5 nitrogen and oxygen atoms in total. The summed E-state index contributed by atoms with van der Waals surface area (Å²) in [6, 6.07) is 17.4. The predicted molar refractivity (Wildman–Crippen MR) is 124 cm³/mol. The molecule has 0 saturated carbocycles. The van der Waals surface area contributed by atoms with Crippen molar-refractivity contribution in [2.24, 2.45) is 0 Å². The molecule has 7 heteroatoms. The van der Waals surface area contributed by atoms with Gasteiger partial charge in [-0.2, -0.15) is 5.26 Å². The number of ether oxygens (including phenoxy) is 2. The van der Waals surface area contributed by atoms with E-state index >= 15 is 0 Å². The summed E-state index contributed by atoms with van der Waals surface area (Å²) in [6.45, 7) is 2.75. The molecule has 0 aliphatic carbocycles. The van der Waals surface area contributed by atoms with Crippen LogP contribution in [0.15, 0.2) is 48.5 Å². The maximum absolute atomic E-state index is 12.8. The summed E-state index contributed by atoms with van der Waals surface area (Å²) >= 11 is 3.96. The lowest BCUT2D eigenvalue weighted by molar-refractivity contribution is -0.120. The first-order valence-electron chi connectivity index (χ1n) is 10.1. The monoisotopic (exact) mass is 442 g/mol. The van der Waals surface area contributed by atoms with Gasteiger partial charge in [0, 0.05) is 12.2 Å². The van der Waals surface area contributed by atoms with Gasteiger partial charge in [0.15, 0.2) is 6.61 Å². The predicted octanol–water partition coefficient (Wildman–Crippen LogP) is 5.28. The summed E-state index contributed by atoms with van der Waals surface area (Å²) in [5.74, 6) is 3.64. The average Bonchev–Trinajstić information content (AvgIpc) is 2.80. The molecule has 0 radical (unpaired) electrons. The van der Waals surface area contributed by atoms with Crippen molar-refractivity contribution < 1.29 is 14.3 Å². The first kappa shape index (κ1) is 22.4. The Morgan fingerprint density at radius 3 is 2.33 bits per heavy atom. The number of anilines is 1. The largest absolute Gasteiger partial charge is 0.494 e. The van der Waals surface area contributed by atoms with Gasteiger partial charge in [-0.25, -0.2) is 0 Å². The van der Waals surface area contributed by atoms with E-state index in [1.54, 1.807) is 4.90 Å². The molecule has 30 heavy (non-hydrogen) atoms. The van der Waals surface area contributed by atoms with Gasteiger partial charge in [0.05, 0.1) is 23.7 Å². The van der Waals surface area contributed by atoms with E-state index in [1.165, 1.54) is 23.5 Å². The molecule has 0 spiro atoms. The Morgan fingerprint density at radius 1 is 1.07 bits per heavy atom. The van der Waals surface area contributed by atoms with Gasteiger partial charge in [0.1, 0.15) is 11.5 Å².